The average molecular weight is 334 g/mol. The largest absolute Gasteiger partial charge is 0.494 e. The topological polar surface area (TPSA) is 54.0 Å². The molecule has 1 aromatic carbocycles. The third kappa shape index (κ3) is 4.74. The lowest BCUT2D eigenvalue weighted by Gasteiger charge is -2.42. The van der Waals surface area contributed by atoms with Crippen LogP contribution in [0.4, 0.5) is 0 Å². The zero-order valence-electron chi connectivity index (χ0n) is 15.3. The Hall–Kier alpha value is -1.53. The van der Waals surface area contributed by atoms with Gasteiger partial charge in [0.1, 0.15) is 0 Å². The first-order valence-electron chi connectivity index (χ1n) is 8.46. The van der Waals surface area contributed by atoms with Crippen molar-refractivity contribution < 1.29 is 23.9 Å². The molecule has 1 aliphatic rings. The molecule has 1 aliphatic heterocycles. The number of hydrogen-bond acceptors (Lipinski definition) is 5. The van der Waals surface area contributed by atoms with Crippen LogP contribution in [-0.2, 0) is 19.0 Å². The number of benzene rings is 1. The Morgan fingerprint density at radius 1 is 1.12 bits per heavy atom. The van der Waals surface area contributed by atoms with E-state index in [0.717, 1.165) is 24.7 Å². The van der Waals surface area contributed by atoms with Gasteiger partial charge in [-0.1, -0.05) is 32.4 Å². The van der Waals surface area contributed by atoms with Crippen molar-refractivity contribution in [3.63, 3.8) is 0 Å². The first kappa shape index (κ1) is 18.8. The van der Waals surface area contributed by atoms with Gasteiger partial charge in [0.15, 0.2) is 5.75 Å². The highest BCUT2D eigenvalue weighted by molar-refractivity contribution is 6.61. The maximum Gasteiger partial charge on any atom is 0.494 e. The number of carbonyl (C=O) groups excluding carboxylic acids is 1. The van der Waals surface area contributed by atoms with Gasteiger partial charge in [-0.25, -0.2) is 4.79 Å². The molecule has 132 valence electrons. The van der Waals surface area contributed by atoms with E-state index in [1.54, 1.807) is 12.1 Å². The minimum absolute atomic E-state index is 0.0529. The minimum atomic E-state index is -0.494. The number of rotatable bonds is 3. The van der Waals surface area contributed by atoms with Gasteiger partial charge in [-0.2, -0.15) is 0 Å². The summed E-state index contributed by atoms with van der Waals surface area (Å²) in [4.78, 5) is 20.2. The van der Waals surface area contributed by atoms with Crippen molar-refractivity contribution in [2.45, 2.75) is 59.5 Å². The standard InChI is InChI=1S/C18H27BO5/c1-14(20)22-23-16-10-8-15(9-11-16)19-21-13-7-6-12-17(2,3)18(4,5)24-19/h8-11H,6-7,12-13H2,1-5H3. The normalized spacial score (nSPS) is 20.5. The molecule has 0 saturated carbocycles. The molecule has 6 heteroatoms. The molecule has 0 bridgehead atoms. The van der Waals surface area contributed by atoms with E-state index >= 15 is 0 Å². The molecule has 5 nitrogen and oxygen atoms in total. The van der Waals surface area contributed by atoms with Crippen LogP contribution in [0.5, 0.6) is 5.75 Å². The Bertz CT molecular complexity index is 553. The summed E-state index contributed by atoms with van der Waals surface area (Å²) in [7, 11) is -0.430. The summed E-state index contributed by atoms with van der Waals surface area (Å²) in [5.74, 6) is -0.0393. The molecule has 0 aromatic heterocycles. The molecular weight excluding hydrogens is 307 g/mol. The van der Waals surface area contributed by atoms with E-state index in [1.165, 1.54) is 6.92 Å². The van der Waals surface area contributed by atoms with Crippen molar-refractivity contribution >= 4 is 18.6 Å². The Labute approximate surface area is 144 Å². The summed E-state index contributed by atoms with van der Waals surface area (Å²) in [5, 5.41) is 0. The van der Waals surface area contributed by atoms with E-state index in [2.05, 4.69) is 32.6 Å². The summed E-state index contributed by atoms with van der Waals surface area (Å²) in [6, 6.07) is 7.19. The Kier molecular flexibility index (Phi) is 5.94. The molecule has 0 N–H and O–H groups in total. The summed E-state index contributed by atoms with van der Waals surface area (Å²) < 4.78 is 12.3. The van der Waals surface area contributed by atoms with Crippen molar-refractivity contribution in [1.82, 2.24) is 0 Å². The summed E-state index contributed by atoms with van der Waals surface area (Å²) in [5.41, 5.74) is 0.641. The lowest BCUT2D eigenvalue weighted by molar-refractivity contribution is -0.210. The van der Waals surface area contributed by atoms with Crippen LogP contribution < -0.4 is 10.4 Å². The number of hydrogen-bond donors (Lipinski definition) is 0. The van der Waals surface area contributed by atoms with Crippen LogP contribution in [0.3, 0.4) is 0 Å². The highest BCUT2D eigenvalue weighted by Crippen LogP contribution is 2.39. The lowest BCUT2D eigenvalue weighted by Crippen LogP contribution is -2.50. The van der Waals surface area contributed by atoms with Gasteiger partial charge in [-0.05, 0) is 49.7 Å². The maximum absolute atomic E-state index is 10.8. The van der Waals surface area contributed by atoms with Gasteiger partial charge in [0.2, 0.25) is 0 Å². The van der Waals surface area contributed by atoms with E-state index < -0.39 is 13.1 Å². The second kappa shape index (κ2) is 7.57. The molecule has 0 radical (unpaired) electrons. The van der Waals surface area contributed by atoms with Gasteiger partial charge >= 0.3 is 13.1 Å². The summed E-state index contributed by atoms with van der Waals surface area (Å²) in [6.45, 7) is 10.7. The zero-order chi connectivity index (χ0) is 17.8. The van der Waals surface area contributed by atoms with E-state index in [-0.39, 0.29) is 11.0 Å². The predicted molar refractivity (Wildman–Crippen MR) is 93.0 cm³/mol. The van der Waals surface area contributed by atoms with E-state index in [0.29, 0.717) is 12.4 Å². The van der Waals surface area contributed by atoms with Crippen molar-refractivity contribution in [1.29, 1.82) is 0 Å². The molecule has 0 unspecified atom stereocenters. The van der Waals surface area contributed by atoms with Crippen molar-refractivity contribution in [3.05, 3.63) is 24.3 Å². The highest BCUT2D eigenvalue weighted by atomic mass is 17.2. The average Bonchev–Trinajstić information content (AvgIpc) is 2.55. The Morgan fingerprint density at radius 3 is 2.42 bits per heavy atom. The zero-order valence-corrected chi connectivity index (χ0v) is 15.3. The first-order valence-corrected chi connectivity index (χ1v) is 8.46. The second-order valence-electron chi connectivity index (χ2n) is 7.40. The number of carbonyl (C=O) groups is 1. The third-order valence-electron chi connectivity index (χ3n) is 4.90. The van der Waals surface area contributed by atoms with Gasteiger partial charge in [0.25, 0.3) is 0 Å². The smallest absolute Gasteiger partial charge is 0.407 e. The van der Waals surface area contributed by atoms with E-state index in [1.807, 2.05) is 12.1 Å². The molecule has 0 amide bonds. The molecule has 1 aromatic rings. The molecule has 24 heavy (non-hydrogen) atoms. The predicted octanol–water partition coefficient (Wildman–Crippen LogP) is 3.26. The molecule has 2 rings (SSSR count). The molecule has 1 saturated heterocycles. The molecule has 0 aliphatic carbocycles. The SMILES string of the molecule is CC(=O)OOc1ccc(B2OCCCCC(C)(C)C(C)(C)O2)cc1. The van der Waals surface area contributed by atoms with Crippen molar-refractivity contribution in [3.8, 4) is 5.75 Å². The van der Waals surface area contributed by atoms with Gasteiger partial charge in [0, 0.05) is 13.5 Å². The fourth-order valence-electron chi connectivity index (χ4n) is 2.57. The van der Waals surface area contributed by atoms with Gasteiger partial charge in [-0.3, -0.25) is 9.78 Å². The summed E-state index contributed by atoms with van der Waals surface area (Å²) in [6.07, 6.45) is 3.25. The van der Waals surface area contributed by atoms with Crippen molar-refractivity contribution in [2.24, 2.45) is 5.41 Å². The van der Waals surface area contributed by atoms with Gasteiger partial charge < -0.3 is 9.31 Å². The van der Waals surface area contributed by atoms with Crippen LogP contribution in [0.2, 0.25) is 0 Å². The van der Waals surface area contributed by atoms with Crippen LogP contribution in [0.25, 0.3) is 0 Å². The lowest BCUT2D eigenvalue weighted by atomic mass is 9.70. The quantitative estimate of drug-likeness (QED) is 0.482. The van der Waals surface area contributed by atoms with Crippen LogP contribution in [0.1, 0.15) is 53.9 Å². The van der Waals surface area contributed by atoms with Crippen molar-refractivity contribution in [2.75, 3.05) is 6.61 Å². The van der Waals surface area contributed by atoms with Crippen LogP contribution in [0.15, 0.2) is 24.3 Å². The molecule has 0 spiro atoms. The monoisotopic (exact) mass is 334 g/mol. The van der Waals surface area contributed by atoms with Crippen LogP contribution in [-0.4, -0.2) is 25.3 Å². The Morgan fingerprint density at radius 2 is 1.79 bits per heavy atom. The fourth-order valence-corrected chi connectivity index (χ4v) is 2.57. The first-order chi connectivity index (χ1) is 11.2. The maximum atomic E-state index is 10.8. The van der Waals surface area contributed by atoms with Gasteiger partial charge in [0.05, 0.1) is 5.60 Å². The molecule has 1 fully saturated rings. The van der Waals surface area contributed by atoms with E-state index in [4.69, 9.17) is 14.2 Å². The van der Waals surface area contributed by atoms with Gasteiger partial charge in [-0.15, -0.1) is 0 Å². The van der Waals surface area contributed by atoms with E-state index in [9.17, 15) is 4.79 Å². The molecule has 1 heterocycles. The fraction of sp³-hybridized carbons (Fsp3) is 0.611. The second-order valence-corrected chi connectivity index (χ2v) is 7.40. The molecular formula is C18H27BO5. The third-order valence-corrected chi connectivity index (χ3v) is 4.90. The molecule has 0 atom stereocenters. The Balaban J connectivity index is 2.14. The van der Waals surface area contributed by atoms with Crippen LogP contribution in [0, 0.1) is 5.41 Å². The summed E-state index contributed by atoms with van der Waals surface area (Å²) >= 11 is 0. The van der Waals surface area contributed by atoms with Crippen LogP contribution >= 0.6 is 0 Å². The highest BCUT2D eigenvalue weighted by Gasteiger charge is 2.42. The minimum Gasteiger partial charge on any atom is -0.407 e.